The molecule has 11 nitrogen and oxygen atoms in total. The maximum absolute atomic E-state index is 12.8. The summed E-state index contributed by atoms with van der Waals surface area (Å²) < 4.78 is 2.93. The Kier molecular flexibility index (Phi) is 6.55. The molecule has 0 spiro atoms. The van der Waals surface area contributed by atoms with Crippen molar-refractivity contribution in [3.63, 3.8) is 0 Å². The Labute approximate surface area is 201 Å². The minimum Gasteiger partial charge on any atom is -0.354 e. The monoisotopic (exact) mass is 471 g/mol. The molecule has 1 atom stereocenters. The van der Waals surface area contributed by atoms with Crippen LogP contribution in [0.25, 0.3) is 17.1 Å². The minimum atomic E-state index is -0.198. The second-order valence-corrected chi connectivity index (χ2v) is 8.31. The second-order valence-electron chi connectivity index (χ2n) is 8.31. The van der Waals surface area contributed by atoms with Gasteiger partial charge in [-0.1, -0.05) is 30.3 Å². The number of rotatable bonds is 7. The summed E-state index contributed by atoms with van der Waals surface area (Å²) in [6.07, 6.45) is 4.68. The molecule has 1 N–H and O–H groups in total. The molecule has 178 valence electrons. The Bertz CT molecular complexity index is 1320. The zero-order valence-electron chi connectivity index (χ0n) is 19.1. The fraction of sp³-hybridized carbons (Fsp3) is 0.292. The molecule has 4 heterocycles. The van der Waals surface area contributed by atoms with E-state index >= 15 is 0 Å². The van der Waals surface area contributed by atoms with Crippen LogP contribution in [0.15, 0.2) is 72.0 Å². The number of nitrogens with zero attached hydrogens (tertiary/aromatic N) is 8. The summed E-state index contributed by atoms with van der Waals surface area (Å²) in [6, 6.07) is 16.6. The van der Waals surface area contributed by atoms with E-state index in [4.69, 9.17) is 0 Å². The van der Waals surface area contributed by atoms with Crippen LogP contribution in [0.2, 0.25) is 0 Å². The molecule has 4 aromatic rings. The van der Waals surface area contributed by atoms with Crippen molar-refractivity contribution < 1.29 is 4.79 Å². The van der Waals surface area contributed by atoms with Crippen molar-refractivity contribution in [3.05, 3.63) is 77.6 Å². The molecular formula is C24H25N9O2. The molecule has 1 aromatic carbocycles. The van der Waals surface area contributed by atoms with Crippen molar-refractivity contribution in [1.29, 1.82) is 0 Å². The van der Waals surface area contributed by atoms with Crippen molar-refractivity contribution in [1.82, 2.24) is 40.1 Å². The smallest absolute Gasteiger partial charge is 0.266 e. The predicted molar refractivity (Wildman–Crippen MR) is 129 cm³/mol. The minimum absolute atomic E-state index is 0.0332. The van der Waals surface area contributed by atoms with Gasteiger partial charge in [0.15, 0.2) is 11.6 Å². The Hall–Kier alpha value is -4.41. The lowest BCUT2D eigenvalue weighted by Gasteiger charge is -2.32. The third-order valence-corrected chi connectivity index (χ3v) is 5.97. The number of benzene rings is 1. The van der Waals surface area contributed by atoms with Crippen LogP contribution in [-0.4, -0.2) is 60.3 Å². The van der Waals surface area contributed by atoms with Crippen molar-refractivity contribution in [2.45, 2.75) is 19.4 Å². The lowest BCUT2D eigenvalue weighted by Crippen LogP contribution is -2.44. The average Bonchev–Trinajstić information content (AvgIpc) is 3.46. The maximum atomic E-state index is 12.8. The molecule has 1 aliphatic rings. The van der Waals surface area contributed by atoms with E-state index < -0.39 is 0 Å². The number of amides is 1. The van der Waals surface area contributed by atoms with E-state index in [0.717, 1.165) is 36.5 Å². The topological polar surface area (TPSA) is 124 Å². The lowest BCUT2D eigenvalue weighted by molar-refractivity contribution is -0.125. The summed E-state index contributed by atoms with van der Waals surface area (Å²) >= 11 is 0. The highest BCUT2D eigenvalue weighted by Gasteiger charge is 2.26. The molecule has 0 aliphatic carbocycles. The van der Waals surface area contributed by atoms with E-state index in [1.54, 1.807) is 17.1 Å². The normalized spacial score (nSPS) is 15.7. The summed E-state index contributed by atoms with van der Waals surface area (Å²) in [5.74, 6) is 1.10. The zero-order valence-corrected chi connectivity index (χ0v) is 19.1. The molecule has 1 amide bonds. The van der Waals surface area contributed by atoms with Gasteiger partial charge in [-0.05, 0) is 31.0 Å². The SMILES string of the molecule is O=C(NCCn1nc(-c2ccccc2)ccc1=O)C1CCCN(c2ccc(-n3cncn3)nn2)C1. The summed E-state index contributed by atoms with van der Waals surface area (Å²) in [5, 5.41) is 20.0. The van der Waals surface area contributed by atoms with Crippen molar-refractivity contribution >= 4 is 11.7 Å². The van der Waals surface area contributed by atoms with Gasteiger partial charge in [0.2, 0.25) is 5.91 Å². The number of piperidine rings is 1. The molecule has 1 unspecified atom stereocenters. The van der Waals surface area contributed by atoms with Gasteiger partial charge in [-0.25, -0.2) is 14.3 Å². The van der Waals surface area contributed by atoms with Gasteiger partial charge in [0.05, 0.1) is 18.2 Å². The first-order chi connectivity index (χ1) is 17.2. The molecule has 0 bridgehead atoms. The van der Waals surface area contributed by atoms with Gasteiger partial charge in [-0.3, -0.25) is 9.59 Å². The van der Waals surface area contributed by atoms with E-state index in [-0.39, 0.29) is 17.4 Å². The van der Waals surface area contributed by atoms with Crippen LogP contribution in [0.5, 0.6) is 0 Å². The highest BCUT2D eigenvalue weighted by Crippen LogP contribution is 2.22. The fourth-order valence-corrected chi connectivity index (χ4v) is 4.14. The van der Waals surface area contributed by atoms with Gasteiger partial charge >= 0.3 is 0 Å². The number of hydrogen-bond acceptors (Lipinski definition) is 8. The van der Waals surface area contributed by atoms with E-state index in [0.29, 0.717) is 25.5 Å². The first-order valence-electron chi connectivity index (χ1n) is 11.5. The summed E-state index contributed by atoms with van der Waals surface area (Å²) in [5.41, 5.74) is 1.45. The average molecular weight is 472 g/mol. The highest BCUT2D eigenvalue weighted by atomic mass is 16.2. The Morgan fingerprint density at radius 1 is 1.03 bits per heavy atom. The van der Waals surface area contributed by atoms with Gasteiger partial charge in [0.25, 0.3) is 5.56 Å². The Balaban J connectivity index is 1.17. The van der Waals surface area contributed by atoms with Gasteiger partial charge in [-0.2, -0.15) is 10.2 Å². The zero-order chi connectivity index (χ0) is 24.0. The molecule has 1 saturated heterocycles. The number of carbonyl (C=O) groups is 1. The molecule has 1 aliphatic heterocycles. The van der Waals surface area contributed by atoms with Crippen molar-refractivity contribution in [2.24, 2.45) is 5.92 Å². The van der Waals surface area contributed by atoms with E-state index in [1.165, 1.54) is 17.1 Å². The highest BCUT2D eigenvalue weighted by molar-refractivity contribution is 5.79. The molecule has 0 radical (unpaired) electrons. The van der Waals surface area contributed by atoms with E-state index in [1.807, 2.05) is 42.5 Å². The second kappa shape index (κ2) is 10.2. The van der Waals surface area contributed by atoms with Gasteiger partial charge in [0, 0.05) is 31.3 Å². The summed E-state index contributed by atoms with van der Waals surface area (Å²) in [6.45, 7) is 2.00. The van der Waals surface area contributed by atoms with Crippen LogP contribution in [0.4, 0.5) is 5.82 Å². The predicted octanol–water partition coefficient (Wildman–Crippen LogP) is 1.31. The van der Waals surface area contributed by atoms with Crippen LogP contribution in [0.1, 0.15) is 12.8 Å². The number of hydrogen-bond donors (Lipinski definition) is 1. The van der Waals surface area contributed by atoms with Crippen molar-refractivity contribution in [3.8, 4) is 17.1 Å². The number of nitrogens with one attached hydrogen (secondary N) is 1. The molecule has 35 heavy (non-hydrogen) atoms. The first-order valence-corrected chi connectivity index (χ1v) is 11.5. The molecular weight excluding hydrogens is 446 g/mol. The van der Waals surface area contributed by atoms with E-state index in [2.05, 4.69) is 35.6 Å². The van der Waals surface area contributed by atoms with Gasteiger partial charge in [0.1, 0.15) is 12.7 Å². The Morgan fingerprint density at radius 3 is 2.63 bits per heavy atom. The van der Waals surface area contributed by atoms with Gasteiger partial charge < -0.3 is 10.2 Å². The third kappa shape index (κ3) is 5.24. The molecule has 5 rings (SSSR count). The molecule has 11 heteroatoms. The molecule has 0 saturated carbocycles. The van der Waals surface area contributed by atoms with Crippen LogP contribution < -0.4 is 15.8 Å². The van der Waals surface area contributed by atoms with Crippen LogP contribution in [0.3, 0.4) is 0 Å². The van der Waals surface area contributed by atoms with Crippen LogP contribution in [-0.2, 0) is 11.3 Å². The quantitative estimate of drug-likeness (QED) is 0.428. The summed E-state index contributed by atoms with van der Waals surface area (Å²) in [4.78, 5) is 31.1. The molecule has 3 aromatic heterocycles. The summed E-state index contributed by atoms with van der Waals surface area (Å²) in [7, 11) is 0. The molecule has 1 fully saturated rings. The number of carbonyl (C=O) groups excluding carboxylic acids is 1. The van der Waals surface area contributed by atoms with Crippen LogP contribution >= 0.6 is 0 Å². The maximum Gasteiger partial charge on any atom is 0.266 e. The third-order valence-electron chi connectivity index (χ3n) is 5.97. The fourth-order valence-electron chi connectivity index (χ4n) is 4.14. The van der Waals surface area contributed by atoms with Crippen molar-refractivity contribution in [2.75, 3.05) is 24.5 Å². The number of anilines is 1. The standard InChI is InChI=1S/C24H25N9O2/c34-23-11-8-20(18-5-2-1-3-6-18)30-32(23)14-12-26-24(35)19-7-4-13-31(15-19)21-9-10-22(29-28-21)33-17-25-16-27-33/h1-3,5-6,8-11,16-17,19H,4,7,12-15H2,(H,26,35). The Morgan fingerprint density at radius 2 is 1.86 bits per heavy atom. The van der Waals surface area contributed by atoms with E-state index in [9.17, 15) is 9.59 Å². The number of aromatic nitrogens is 7. The van der Waals surface area contributed by atoms with Crippen LogP contribution in [0, 0.1) is 5.92 Å². The van der Waals surface area contributed by atoms with Gasteiger partial charge in [-0.15, -0.1) is 10.2 Å². The first kappa shape index (κ1) is 22.4. The largest absolute Gasteiger partial charge is 0.354 e. The lowest BCUT2D eigenvalue weighted by atomic mass is 9.97.